The summed E-state index contributed by atoms with van der Waals surface area (Å²) < 4.78 is 0. The molecule has 0 spiro atoms. The van der Waals surface area contributed by atoms with E-state index >= 15 is 0 Å². The van der Waals surface area contributed by atoms with Crippen molar-refractivity contribution in [2.45, 2.75) is 24.9 Å². The number of alkyl halides is 1. The van der Waals surface area contributed by atoms with Gasteiger partial charge in [-0.3, -0.25) is 0 Å². The molecule has 0 unspecified atom stereocenters. The minimum absolute atomic E-state index is 0.546. The molecule has 60 valence electrons. The van der Waals surface area contributed by atoms with Crippen LogP contribution in [0.3, 0.4) is 0 Å². The predicted molar refractivity (Wildman–Crippen MR) is 48.9 cm³/mol. The molecular formula is C7H15BrN2. The van der Waals surface area contributed by atoms with Crippen molar-refractivity contribution in [2.24, 2.45) is 11.5 Å². The van der Waals surface area contributed by atoms with Gasteiger partial charge in [0.1, 0.15) is 0 Å². The zero-order valence-electron chi connectivity index (χ0n) is 6.15. The molecule has 0 aromatic rings. The maximum absolute atomic E-state index is 5.70. The van der Waals surface area contributed by atoms with E-state index in [-0.39, 0.29) is 0 Å². The molecule has 0 amide bonds. The summed E-state index contributed by atoms with van der Waals surface area (Å²) in [5.41, 5.74) is 10.9. The summed E-state index contributed by atoms with van der Waals surface area (Å²) in [7, 11) is 0. The highest BCUT2D eigenvalue weighted by molar-refractivity contribution is 9.09. The first-order valence-electron chi connectivity index (χ1n) is 3.37. The molecule has 0 aliphatic heterocycles. The second-order valence-corrected chi connectivity index (χ2v) is 3.31. The summed E-state index contributed by atoms with van der Waals surface area (Å²) in [4.78, 5) is 0. The zero-order valence-corrected chi connectivity index (χ0v) is 7.73. The van der Waals surface area contributed by atoms with Crippen LogP contribution < -0.4 is 11.5 Å². The van der Waals surface area contributed by atoms with Crippen LogP contribution in [0, 0.1) is 0 Å². The van der Waals surface area contributed by atoms with Gasteiger partial charge in [0.25, 0.3) is 0 Å². The van der Waals surface area contributed by atoms with Crippen molar-refractivity contribution in [3.63, 3.8) is 0 Å². The lowest BCUT2D eigenvalue weighted by atomic mass is 10.0. The average Bonchev–Trinajstić information content (AvgIpc) is 1.84. The van der Waals surface area contributed by atoms with Gasteiger partial charge in [-0.25, -0.2) is 0 Å². The van der Waals surface area contributed by atoms with Crippen LogP contribution in [-0.4, -0.2) is 11.0 Å². The van der Waals surface area contributed by atoms with Crippen molar-refractivity contribution in [3.05, 3.63) is 12.7 Å². The van der Waals surface area contributed by atoms with Gasteiger partial charge in [0.05, 0.1) is 5.66 Å². The Morgan fingerprint density at radius 1 is 1.50 bits per heavy atom. The van der Waals surface area contributed by atoms with Crippen molar-refractivity contribution in [3.8, 4) is 0 Å². The van der Waals surface area contributed by atoms with E-state index in [4.69, 9.17) is 11.5 Å². The van der Waals surface area contributed by atoms with E-state index in [1.165, 1.54) is 0 Å². The lowest BCUT2D eigenvalue weighted by Crippen LogP contribution is -2.48. The zero-order chi connectivity index (χ0) is 8.04. The second-order valence-electron chi connectivity index (χ2n) is 2.52. The van der Waals surface area contributed by atoms with Gasteiger partial charge in [-0.05, 0) is 19.3 Å². The van der Waals surface area contributed by atoms with Gasteiger partial charge in [0, 0.05) is 5.33 Å². The van der Waals surface area contributed by atoms with Crippen molar-refractivity contribution in [1.82, 2.24) is 0 Å². The molecule has 0 saturated heterocycles. The van der Waals surface area contributed by atoms with E-state index in [1.54, 1.807) is 6.08 Å². The van der Waals surface area contributed by atoms with Gasteiger partial charge >= 0.3 is 0 Å². The number of halogens is 1. The van der Waals surface area contributed by atoms with Crippen molar-refractivity contribution in [1.29, 1.82) is 0 Å². The van der Waals surface area contributed by atoms with E-state index in [2.05, 4.69) is 22.5 Å². The van der Waals surface area contributed by atoms with Crippen molar-refractivity contribution in [2.75, 3.05) is 5.33 Å². The third-order valence-corrected chi connectivity index (χ3v) is 1.86. The van der Waals surface area contributed by atoms with Crippen LogP contribution in [0.4, 0.5) is 0 Å². The molecule has 0 aromatic heterocycles. The Morgan fingerprint density at radius 2 is 2.10 bits per heavy atom. The molecule has 3 heteroatoms. The SMILES string of the molecule is C=CCC(N)(N)CCCBr. The van der Waals surface area contributed by atoms with Gasteiger partial charge in [0.15, 0.2) is 0 Å². The van der Waals surface area contributed by atoms with Gasteiger partial charge in [-0.15, -0.1) is 6.58 Å². The van der Waals surface area contributed by atoms with Crippen LogP contribution in [0.15, 0.2) is 12.7 Å². The Balaban J connectivity index is 3.51. The van der Waals surface area contributed by atoms with E-state index in [0.29, 0.717) is 6.42 Å². The average molecular weight is 207 g/mol. The molecular weight excluding hydrogens is 192 g/mol. The number of hydrogen-bond acceptors (Lipinski definition) is 2. The normalized spacial score (nSPS) is 11.5. The smallest absolute Gasteiger partial charge is 0.0672 e. The lowest BCUT2D eigenvalue weighted by molar-refractivity contribution is 0.410. The molecule has 0 bridgehead atoms. The Kier molecular flexibility index (Phi) is 4.95. The molecule has 4 N–H and O–H groups in total. The van der Waals surface area contributed by atoms with Crippen LogP contribution >= 0.6 is 15.9 Å². The summed E-state index contributed by atoms with van der Waals surface area (Å²) in [6.07, 6.45) is 4.29. The third-order valence-electron chi connectivity index (χ3n) is 1.30. The summed E-state index contributed by atoms with van der Waals surface area (Å²) in [6, 6.07) is 0. The third kappa shape index (κ3) is 4.97. The van der Waals surface area contributed by atoms with E-state index in [9.17, 15) is 0 Å². The topological polar surface area (TPSA) is 52.0 Å². The standard InChI is InChI=1S/C7H15BrN2/c1-2-4-7(9,10)5-3-6-8/h2H,1,3-6,9-10H2. The molecule has 0 aliphatic rings. The number of nitrogens with two attached hydrogens (primary N) is 2. The summed E-state index contributed by atoms with van der Waals surface area (Å²) in [6.45, 7) is 3.58. The van der Waals surface area contributed by atoms with Crippen LogP contribution in [0.5, 0.6) is 0 Å². The Labute approximate surface area is 70.8 Å². The van der Waals surface area contributed by atoms with Crippen LogP contribution in [0.1, 0.15) is 19.3 Å². The molecule has 0 heterocycles. The quantitative estimate of drug-likeness (QED) is 0.406. The largest absolute Gasteiger partial charge is 0.313 e. The Hall–Kier alpha value is 0.140. The summed E-state index contributed by atoms with van der Waals surface area (Å²) in [5.74, 6) is 0. The highest BCUT2D eigenvalue weighted by Gasteiger charge is 2.15. The fraction of sp³-hybridized carbons (Fsp3) is 0.714. The lowest BCUT2D eigenvalue weighted by Gasteiger charge is -2.21. The fourth-order valence-electron chi connectivity index (χ4n) is 0.767. The maximum atomic E-state index is 5.70. The first kappa shape index (κ1) is 10.1. The van der Waals surface area contributed by atoms with Crippen LogP contribution in [-0.2, 0) is 0 Å². The first-order chi connectivity index (χ1) is 4.62. The summed E-state index contributed by atoms with van der Waals surface area (Å²) >= 11 is 3.32. The Morgan fingerprint density at radius 3 is 2.50 bits per heavy atom. The minimum atomic E-state index is -0.546. The molecule has 0 rings (SSSR count). The molecule has 0 atom stereocenters. The molecule has 0 saturated carbocycles. The van der Waals surface area contributed by atoms with Gasteiger partial charge in [-0.1, -0.05) is 22.0 Å². The van der Waals surface area contributed by atoms with E-state index < -0.39 is 5.66 Å². The molecule has 2 nitrogen and oxygen atoms in total. The van der Waals surface area contributed by atoms with Crippen molar-refractivity contribution < 1.29 is 0 Å². The monoisotopic (exact) mass is 206 g/mol. The Bertz CT molecular complexity index is 102. The number of rotatable bonds is 5. The van der Waals surface area contributed by atoms with E-state index in [1.807, 2.05) is 0 Å². The molecule has 0 radical (unpaired) electrons. The molecule has 0 aromatic carbocycles. The predicted octanol–water partition coefficient (Wildman–Crippen LogP) is 1.35. The molecule has 0 fully saturated rings. The minimum Gasteiger partial charge on any atom is -0.313 e. The summed E-state index contributed by atoms with van der Waals surface area (Å²) in [5, 5.41) is 0.959. The van der Waals surface area contributed by atoms with Gasteiger partial charge in [0.2, 0.25) is 0 Å². The van der Waals surface area contributed by atoms with Gasteiger partial charge in [-0.2, -0.15) is 0 Å². The maximum Gasteiger partial charge on any atom is 0.0672 e. The fourth-order valence-corrected chi connectivity index (χ4v) is 1.05. The highest BCUT2D eigenvalue weighted by atomic mass is 79.9. The molecule has 0 aliphatic carbocycles. The second kappa shape index (κ2) is 4.88. The van der Waals surface area contributed by atoms with Crippen molar-refractivity contribution >= 4 is 15.9 Å². The van der Waals surface area contributed by atoms with Crippen LogP contribution in [0.2, 0.25) is 0 Å². The molecule has 10 heavy (non-hydrogen) atoms. The van der Waals surface area contributed by atoms with Gasteiger partial charge < -0.3 is 11.5 Å². The highest BCUT2D eigenvalue weighted by Crippen LogP contribution is 2.08. The first-order valence-corrected chi connectivity index (χ1v) is 4.49. The van der Waals surface area contributed by atoms with Crippen LogP contribution in [0.25, 0.3) is 0 Å². The van der Waals surface area contributed by atoms with E-state index in [0.717, 1.165) is 18.2 Å². The number of hydrogen-bond donors (Lipinski definition) is 2.